The summed E-state index contributed by atoms with van der Waals surface area (Å²) in [5, 5.41) is 23.2. The molecular weight excluding hydrogens is 282 g/mol. The first-order valence-corrected chi connectivity index (χ1v) is 7.63. The van der Waals surface area contributed by atoms with Crippen LogP contribution in [0.4, 0.5) is 0 Å². The molecule has 2 atom stereocenters. The third kappa shape index (κ3) is 2.83. The first-order chi connectivity index (χ1) is 10.2. The number of aliphatic hydroxyl groups is 1. The highest BCUT2D eigenvalue weighted by Gasteiger charge is 2.59. The molecule has 0 radical (unpaired) electrons. The summed E-state index contributed by atoms with van der Waals surface area (Å²) in [5.41, 5.74) is -0.309. The van der Waals surface area contributed by atoms with Gasteiger partial charge in [-0.25, -0.2) is 0 Å². The maximum absolute atomic E-state index is 12.2. The smallest absolute Gasteiger partial charge is 0.255 e. The predicted octanol–water partition coefficient (Wildman–Crippen LogP) is 2.00. The largest absolute Gasteiger partial charge is 0.507 e. The maximum Gasteiger partial charge on any atom is 0.255 e. The average Bonchev–Trinajstić information content (AvgIpc) is 2.47. The van der Waals surface area contributed by atoms with E-state index in [4.69, 9.17) is 4.74 Å². The van der Waals surface area contributed by atoms with Gasteiger partial charge in [-0.3, -0.25) is 4.79 Å². The first kappa shape index (κ1) is 16.8. The number of amides is 1. The Hall–Kier alpha value is -1.59. The number of ether oxygens (including phenoxy) is 1. The van der Waals surface area contributed by atoms with Crippen molar-refractivity contribution in [3.63, 3.8) is 0 Å². The molecule has 1 fully saturated rings. The minimum atomic E-state index is -0.998. The number of nitrogens with one attached hydrogen (secondary N) is 1. The highest BCUT2D eigenvalue weighted by atomic mass is 16.5. The Morgan fingerprint density at radius 3 is 2.73 bits per heavy atom. The molecule has 0 bridgehead atoms. The lowest BCUT2D eigenvalue weighted by Crippen LogP contribution is -2.68. The molecule has 0 heterocycles. The number of hydrogen-bond donors (Lipinski definition) is 3. The lowest BCUT2D eigenvalue weighted by molar-refractivity contribution is -0.237. The Balaban J connectivity index is 2.01. The van der Waals surface area contributed by atoms with Crippen molar-refractivity contribution >= 4 is 5.91 Å². The number of benzene rings is 1. The Kier molecular flexibility index (Phi) is 4.49. The molecule has 0 aromatic heterocycles. The van der Waals surface area contributed by atoms with Crippen molar-refractivity contribution in [3.8, 4) is 5.75 Å². The predicted molar refractivity (Wildman–Crippen MR) is 83.9 cm³/mol. The third-order valence-corrected chi connectivity index (χ3v) is 4.83. The minimum absolute atomic E-state index is 0.00762. The van der Waals surface area contributed by atoms with Crippen molar-refractivity contribution < 1.29 is 19.7 Å². The van der Waals surface area contributed by atoms with E-state index in [9.17, 15) is 15.0 Å². The number of hydrogen-bond acceptors (Lipinski definition) is 4. The zero-order valence-electron chi connectivity index (χ0n) is 13.6. The number of aromatic hydroxyl groups is 1. The third-order valence-electron chi connectivity index (χ3n) is 4.83. The van der Waals surface area contributed by atoms with E-state index in [1.807, 2.05) is 27.7 Å². The van der Waals surface area contributed by atoms with E-state index in [0.717, 1.165) is 5.56 Å². The van der Waals surface area contributed by atoms with Gasteiger partial charge in [0.2, 0.25) is 0 Å². The summed E-state index contributed by atoms with van der Waals surface area (Å²) in [6.45, 7) is 8.39. The van der Waals surface area contributed by atoms with Gasteiger partial charge in [-0.15, -0.1) is 0 Å². The Bertz CT molecular complexity index is 570. The average molecular weight is 307 g/mol. The molecule has 1 aliphatic rings. The molecule has 1 aliphatic carbocycles. The first-order valence-electron chi connectivity index (χ1n) is 7.63. The quantitative estimate of drug-likeness (QED) is 0.777. The highest BCUT2D eigenvalue weighted by Crippen LogP contribution is 2.50. The molecular formula is C17H25NO4. The van der Waals surface area contributed by atoms with E-state index in [1.165, 1.54) is 6.07 Å². The molecule has 3 N–H and O–H groups in total. The molecule has 1 saturated carbocycles. The zero-order chi connectivity index (χ0) is 16.5. The fourth-order valence-electron chi connectivity index (χ4n) is 2.92. The molecule has 2 rings (SSSR count). The number of aryl methyl sites for hydroxylation is 1. The molecule has 0 aliphatic heterocycles. The topological polar surface area (TPSA) is 78.8 Å². The van der Waals surface area contributed by atoms with Gasteiger partial charge in [-0.2, -0.15) is 0 Å². The molecule has 1 aromatic carbocycles. The summed E-state index contributed by atoms with van der Waals surface area (Å²) in [4.78, 5) is 12.2. The molecule has 22 heavy (non-hydrogen) atoms. The van der Waals surface area contributed by atoms with Gasteiger partial charge in [0.15, 0.2) is 0 Å². The van der Waals surface area contributed by atoms with Gasteiger partial charge in [0.05, 0.1) is 17.3 Å². The van der Waals surface area contributed by atoms with Crippen molar-refractivity contribution in [3.05, 3.63) is 29.3 Å². The summed E-state index contributed by atoms with van der Waals surface area (Å²) < 4.78 is 5.60. The normalized spacial score (nSPS) is 26.3. The van der Waals surface area contributed by atoms with Crippen LogP contribution < -0.4 is 5.32 Å². The van der Waals surface area contributed by atoms with E-state index < -0.39 is 11.0 Å². The molecule has 2 unspecified atom stereocenters. The van der Waals surface area contributed by atoms with Crippen LogP contribution in [0.5, 0.6) is 5.75 Å². The van der Waals surface area contributed by atoms with Crippen LogP contribution in [0.15, 0.2) is 18.2 Å². The molecule has 1 amide bonds. The number of phenols is 1. The van der Waals surface area contributed by atoms with Crippen LogP contribution in [-0.4, -0.2) is 41.0 Å². The van der Waals surface area contributed by atoms with Gasteiger partial charge >= 0.3 is 0 Å². The fourth-order valence-corrected chi connectivity index (χ4v) is 2.92. The van der Waals surface area contributed by atoms with E-state index in [0.29, 0.717) is 13.0 Å². The summed E-state index contributed by atoms with van der Waals surface area (Å²) in [6, 6.07) is 4.86. The van der Waals surface area contributed by atoms with Gasteiger partial charge in [-0.05, 0) is 26.0 Å². The van der Waals surface area contributed by atoms with Crippen LogP contribution in [0.25, 0.3) is 0 Å². The maximum atomic E-state index is 12.2. The fraction of sp³-hybridized carbons (Fsp3) is 0.588. The SMILES string of the molecule is CCOC1CC(O)(CNC(=O)c2cc(C)ccc2O)C1(C)C. The highest BCUT2D eigenvalue weighted by molar-refractivity contribution is 5.97. The number of rotatable bonds is 5. The Morgan fingerprint density at radius 1 is 1.45 bits per heavy atom. The zero-order valence-corrected chi connectivity index (χ0v) is 13.6. The van der Waals surface area contributed by atoms with Gasteiger partial charge in [-0.1, -0.05) is 25.5 Å². The second-order valence-corrected chi connectivity index (χ2v) is 6.60. The Labute approximate surface area is 131 Å². The lowest BCUT2D eigenvalue weighted by Gasteiger charge is -2.57. The summed E-state index contributed by atoms with van der Waals surface area (Å²) in [7, 11) is 0. The molecule has 5 heteroatoms. The van der Waals surface area contributed by atoms with Crippen molar-refractivity contribution in [1.29, 1.82) is 0 Å². The van der Waals surface area contributed by atoms with Crippen molar-refractivity contribution in [2.75, 3.05) is 13.2 Å². The second-order valence-electron chi connectivity index (χ2n) is 6.60. The van der Waals surface area contributed by atoms with Crippen LogP contribution in [0.3, 0.4) is 0 Å². The van der Waals surface area contributed by atoms with Gasteiger partial charge in [0.1, 0.15) is 5.75 Å². The van der Waals surface area contributed by atoms with Crippen LogP contribution in [0.1, 0.15) is 43.1 Å². The minimum Gasteiger partial charge on any atom is -0.507 e. The van der Waals surface area contributed by atoms with Crippen LogP contribution in [0, 0.1) is 12.3 Å². The van der Waals surface area contributed by atoms with E-state index in [-0.39, 0.29) is 29.9 Å². The van der Waals surface area contributed by atoms with Crippen LogP contribution >= 0.6 is 0 Å². The molecule has 5 nitrogen and oxygen atoms in total. The molecule has 122 valence electrons. The van der Waals surface area contributed by atoms with Crippen LogP contribution in [-0.2, 0) is 4.74 Å². The monoisotopic (exact) mass is 307 g/mol. The molecule has 0 spiro atoms. The lowest BCUT2D eigenvalue weighted by atomic mass is 9.56. The van der Waals surface area contributed by atoms with Crippen molar-refractivity contribution in [2.24, 2.45) is 5.41 Å². The molecule has 1 aromatic rings. The molecule has 0 saturated heterocycles. The number of phenolic OH excluding ortho intramolecular Hbond substituents is 1. The summed E-state index contributed by atoms with van der Waals surface area (Å²) >= 11 is 0. The van der Waals surface area contributed by atoms with Crippen molar-refractivity contribution in [2.45, 2.75) is 45.8 Å². The van der Waals surface area contributed by atoms with E-state index in [2.05, 4.69) is 5.32 Å². The van der Waals surface area contributed by atoms with Crippen LogP contribution in [0.2, 0.25) is 0 Å². The summed E-state index contributed by atoms with van der Waals surface area (Å²) in [6.07, 6.45) is 0.486. The summed E-state index contributed by atoms with van der Waals surface area (Å²) in [5.74, 6) is -0.444. The van der Waals surface area contributed by atoms with E-state index in [1.54, 1.807) is 12.1 Å². The number of carbonyl (C=O) groups is 1. The second kappa shape index (κ2) is 5.89. The Morgan fingerprint density at radius 2 is 2.14 bits per heavy atom. The van der Waals surface area contributed by atoms with Gasteiger partial charge < -0.3 is 20.3 Å². The van der Waals surface area contributed by atoms with Crippen molar-refractivity contribution in [1.82, 2.24) is 5.32 Å². The van der Waals surface area contributed by atoms with Gasteiger partial charge in [0.25, 0.3) is 5.91 Å². The number of carbonyl (C=O) groups excluding carboxylic acids is 1. The van der Waals surface area contributed by atoms with Gasteiger partial charge in [0, 0.05) is 25.0 Å². The van der Waals surface area contributed by atoms with E-state index >= 15 is 0 Å². The standard InChI is InChI=1S/C17H25NO4/c1-5-22-14-9-17(21,16(14,3)4)10-18-15(20)12-8-11(2)6-7-13(12)19/h6-8,14,19,21H,5,9-10H2,1-4H3,(H,18,20).